The predicted octanol–water partition coefficient (Wildman–Crippen LogP) is 2.01. The molecule has 16 heavy (non-hydrogen) atoms. The summed E-state index contributed by atoms with van der Waals surface area (Å²) in [6.07, 6.45) is 4.33. The molecule has 3 heteroatoms. The molecule has 1 aliphatic rings. The minimum atomic E-state index is -0.293. The zero-order valence-corrected chi connectivity index (χ0v) is 10.9. The first kappa shape index (κ1) is 13.5. The molecule has 1 amide bonds. The topological polar surface area (TPSA) is 46.3 Å². The van der Waals surface area contributed by atoms with Crippen molar-refractivity contribution in [1.29, 1.82) is 0 Å². The second-order valence-corrected chi connectivity index (χ2v) is 5.41. The Balaban J connectivity index is 2.38. The molecular weight excluding hydrogens is 200 g/mol. The molecule has 1 aliphatic heterocycles. The van der Waals surface area contributed by atoms with Crippen molar-refractivity contribution in [2.45, 2.75) is 52.5 Å². The van der Waals surface area contributed by atoms with Gasteiger partial charge in [0.1, 0.15) is 0 Å². The quantitative estimate of drug-likeness (QED) is 0.797. The summed E-state index contributed by atoms with van der Waals surface area (Å²) in [4.78, 5) is 14.0. The van der Waals surface area contributed by atoms with E-state index in [1.807, 2.05) is 4.90 Å². The molecule has 1 fully saturated rings. The maximum absolute atomic E-state index is 12.0. The third kappa shape index (κ3) is 3.78. The summed E-state index contributed by atoms with van der Waals surface area (Å²) in [6, 6.07) is -0.293. The molecule has 2 N–H and O–H groups in total. The van der Waals surface area contributed by atoms with Crippen LogP contribution in [0.3, 0.4) is 0 Å². The van der Waals surface area contributed by atoms with Gasteiger partial charge >= 0.3 is 0 Å². The number of carbonyl (C=O) groups is 1. The van der Waals surface area contributed by atoms with Gasteiger partial charge in [-0.05, 0) is 31.1 Å². The lowest BCUT2D eigenvalue weighted by atomic mass is 9.93. The first-order chi connectivity index (χ1) is 7.54. The standard InChI is InChI=1S/C13H26N2O/c1-4-11-5-7-15(8-6-11)13(16)12(14)9-10(2)3/h10-12H,4-9,14H2,1-3H3. The van der Waals surface area contributed by atoms with Crippen LogP contribution in [0.25, 0.3) is 0 Å². The highest BCUT2D eigenvalue weighted by Crippen LogP contribution is 2.20. The monoisotopic (exact) mass is 226 g/mol. The van der Waals surface area contributed by atoms with E-state index in [0.717, 1.165) is 38.3 Å². The van der Waals surface area contributed by atoms with E-state index in [9.17, 15) is 4.79 Å². The maximum Gasteiger partial charge on any atom is 0.239 e. The number of amides is 1. The summed E-state index contributed by atoms with van der Waals surface area (Å²) in [5.41, 5.74) is 5.92. The molecule has 0 radical (unpaired) electrons. The van der Waals surface area contributed by atoms with Crippen molar-refractivity contribution in [3.05, 3.63) is 0 Å². The number of piperidine rings is 1. The molecule has 0 saturated carbocycles. The summed E-state index contributed by atoms with van der Waals surface area (Å²) in [7, 11) is 0. The SMILES string of the molecule is CCC1CCN(C(=O)C(N)CC(C)C)CC1. The van der Waals surface area contributed by atoms with Crippen molar-refractivity contribution >= 4 is 5.91 Å². The number of carbonyl (C=O) groups excluding carboxylic acids is 1. The molecule has 1 rings (SSSR count). The predicted molar refractivity (Wildman–Crippen MR) is 67.0 cm³/mol. The lowest BCUT2D eigenvalue weighted by Crippen LogP contribution is -2.47. The third-order valence-electron chi connectivity index (χ3n) is 3.55. The highest BCUT2D eigenvalue weighted by atomic mass is 16.2. The lowest BCUT2D eigenvalue weighted by molar-refractivity contribution is -0.134. The van der Waals surface area contributed by atoms with E-state index in [1.54, 1.807) is 0 Å². The highest BCUT2D eigenvalue weighted by Gasteiger charge is 2.25. The lowest BCUT2D eigenvalue weighted by Gasteiger charge is -2.33. The molecule has 0 aliphatic carbocycles. The second-order valence-electron chi connectivity index (χ2n) is 5.41. The summed E-state index contributed by atoms with van der Waals surface area (Å²) < 4.78 is 0. The zero-order chi connectivity index (χ0) is 12.1. The van der Waals surface area contributed by atoms with Crippen LogP contribution in [0.15, 0.2) is 0 Å². The van der Waals surface area contributed by atoms with E-state index in [1.165, 1.54) is 6.42 Å². The van der Waals surface area contributed by atoms with Gasteiger partial charge in [-0.25, -0.2) is 0 Å². The molecule has 0 aromatic carbocycles. The van der Waals surface area contributed by atoms with Crippen molar-refractivity contribution < 1.29 is 4.79 Å². The van der Waals surface area contributed by atoms with Crippen LogP contribution in [0.4, 0.5) is 0 Å². The van der Waals surface area contributed by atoms with Gasteiger partial charge < -0.3 is 10.6 Å². The van der Waals surface area contributed by atoms with Crippen molar-refractivity contribution in [1.82, 2.24) is 4.90 Å². The minimum Gasteiger partial charge on any atom is -0.341 e. The molecule has 0 aromatic rings. The van der Waals surface area contributed by atoms with Crippen molar-refractivity contribution in [2.24, 2.45) is 17.6 Å². The Morgan fingerprint density at radius 3 is 2.38 bits per heavy atom. The Morgan fingerprint density at radius 1 is 1.38 bits per heavy atom. The number of hydrogen-bond donors (Lipinski definition) is 1. The van der Waals surface area contributed by atoms with Gasteiger partial charge in [-0.15, -0.1) is 0 Å². The Kier molecular flexibility index (Phi) is 5.26. The Hall–Kier alpha value is -0.570. The summed E-state index contributed by atoms with van der Waals surface area (Å²) in [5.74, 6) is 1.46. The van der Waals surface area contributed by atoms with E-state index in [2.05, 4.69) is 20.8 Å². The van der Waals surface area contributed by atoms with E-state index in [4.69, 9.17) is 5.73 Å². The molecule has 3 nitrogen and oxygen atoms in total. The highest BCUT2D eigenvalue weighted by molar-refractivity contribution is 5.81. The maximum atomic E-state index is 12.0. The largest absolute Gasteiger partial charge is 0.341 e. The van der Waals surface area contributed by atoms with E-state index < -0.39 is 0 Å². The fraction of sp³-hybridized carbons (Fsp3) is 0.923. The molecule has 1 unspecified atom stereocenters. The summed E-state index contributed by atoms with van der Waals surface area (Å²) in [5, 5.41) is 0. The van der Waals surface area contributed by atoms with Crippen LogP contribution in [-0.4, -0.2) is 29.9 Å². The van der Waals surface area contributed by atoms with Gasteiger partial charge in [0, 0.05) is 13.1 Å². The fourth-order valence-electron chi connectivity index (χ4n) is 2.40. The first-order valence-corrected chi connectivity index (χ1v) is 6.59. The fourth-order valence-corrected chi connectivity index (χ4v) is 2.40. The second kappa shape index (κ2) is 6.24. The molecular formula is C13H26N2O. The molecule has 94 valence electrons. The average Bonchev–Trinajstić information content (AvgIpc) is 2.27. The number of hydrogen-bond acceptors (Lipinski definition) is 2. The van der Waals surface area contributed by atoms with Gasteiger partial charge in [-0.3, -0.25) is 4.79 Å². The van der Waals surface area contributed by atoms with E-state index in [0.29, 0.717) is 5.92 Å². The van der Waals surface area contributed by atoms with Crippen LogP contribution in [0.2, 0.25) is 0 Å². The van der Waals surface area contributed by atoms with Crippen LogP contribution >= 0.6 is 0 Å². The van der Waals surface area contributed by atoms with Crippen molar-refractivity contribution in [2.75, 3.05) is 13.1 Å². The molecule has 1 atom stereocenters. The molecule has 0 aromatic heterocycles. The first-order valence-electron chi connectivity index (χ1n) is 6.59. The Morgan fingerprint density at radius 2 is 1.94 bits per heavy atom. The van der Waals surface area contributed by atoms with Gasteiger partial charge in [-0.2, -0.15) is 0 Å². The van der Waals surface area contributed by atoms with Gasteiger partial charge in [-0.1, -0.05) is 27.2 Å². The smallest absolute Gasteiger partial charge is 0.239 e. The number of likely N-dealkylation sites (tertiary alicyclic amines) is 1. The van der Waals surface area contributed by atoms with E-state index in [-0.39, 0.29) is 11.9 Å². The van der Waals surface area contributed by atoms with Crippen LogP contribution in [0.1, 0.15) is 46.5 Å². The number of rotatable bonds is 4. The zero-order valence-electron chi connectivity index (χ0n) is 10.9. The van der Waals surface area contributed by atoms with Gasteiger partial charge in [0.25, 0.3) is 0 Å². The normalized spacial score (nSPS) is 20.2. The van der Waals surface area contributed by atoms with Gasteiger partial charge in [0.15, 0.2) is 0 Å². The Labute approximate surface area is 99.4 Å². The van der Waals surface area contributed by atoms with Gasteiger partial charge in [0.05, 0.1) is 6.04 Å². The number of nitrogens with two attached hydrogens (primary N) is 1. The van der Waals surface area contributed by atoms with Crippen LogP contribution in [-0.2, 0) is 4.79 Å². The Bertz CT molecular complexity index is 220. The summed E-state index contributed by atoms with van der Waals surface area (Å²) >= 11 is 0. The minimum absolute atomic E-state index is 0.156. The van der Waals surface area contributed by atoms with Crippen molar-refractivity contribution in [3.8, 4) is 0 Å². The molecule has 0 bridgehead atoms. The van der Waals surface area contributed by atoms with E-state index >= 15 is 0 Å². The number of nitrogens with zero attached hydrogens (tertiary/aromatic N) is 1. The third-order valence-corrected chi connectivity index (χ3v) is 3.55. The summed E-state index contributed by atoms with van der Waals surface area (Å²) in [6.45, 7) is 8.26. The average molecular weight is 226 g/mol. The molecule has 1 saturated heterocycles. The van der Waals surface area contributed by atoms with Crippen LogP contribution in [0, 0.1) is 11.8 Å². The van der Waals surface area contributed by atoms with Crippen molar-refractivity contribution in [3.63, 3.8) is 0 Å². The molecule has 1 heterocycles. The van der Waals surface area contributed by atoms with Crippen LogP contribution < -0.4 is 5.73 Å². The van der Waals surface area contributed by atoms with Crippen LogP contribution in [0.5, 0.6) is 0 Å². The van der Waals surface area contributed by atoms with Gasteiger partial charge in [0.2, 0.25) is 5.91 Å². The molecule has 0 spiro atoms.